The van der Waals surface area contributed by atoms with Crippen LogP contribution in [-0.2, 0) is 0 Å². The summed E-state index contributed by atoms with van der Waals surface area (Å²) in [6.45, 7) is -0.289. The monoisotopic (exact) mass is 344 g/mol. The van der Waals surface area contributed by atoms with Crippen molar-refractivity contribution in [1.29, 1.82) is 0 Å². The number of anilines is 1. The fraction of sp³-hybridized carbons (Fsp3) is 0.133. The number of halogens is 4. The molecule has 1 unspecified atom stereocenters. The largest absolute Gasteiger partial charge is 0.387 e. The molecule has 2 aromatic carbocycles. The van der Waals surface area contributed by atoms with Crippen molar-refractivity contribution in [2.75, 3.05) is 11.9 Å². The number of para-hydroxylation sites is 1. The summed E-state index contributed by atoms with van der Waals surface area (Å²) in [5.74, 6) is -2.57. The molecule has 0 bridgehead atoms. The van der Waals surface area contributed by atoms with Crippen LogP contribution in [0.1, 0.15) is 11.7 Å². The van der Waals surface area contributed by atoms with Crippen molar-refractivity contribution >= 4 is 23.3 Å². The highest BCUT2D eigenvalue weighted by Gasteiger charge is 2.14. The van der Waals surface area contributed by atoms with Gasteiger partial charge < -0.3 is 15.7 Å². The van der Waals surface area contributed by atoms with E-state index in [1.54, 1.807) is 0 Å². The van der Waals surface area contributed by atoms with Gasteiger partial charge in [-0.05, 0) is 29.8 Å². The number of carbonyl (C=O) groups is 1. The number of amides is 2. The summed E-state index contributed by atoms with van der Waals surface area (Å²) in [5, 5.41) is 14.0. The van der Waals surface area contributed by atoms with Crippen LogP contribution in [0.3, 0.4) is 0 Å². The Hall–Kier alpha value is -2.25. The number of hydrogen-bond acceptors (Lipinski definition) is 2. The Labute approximate surface area is 134 Å². The van der Waals surface area contributed by atoms with E-state index in [1.165, 1.54) is 12.1 Å². The second-order valence-corrected chi connectivity index (χ2v) is 5.03. The Morgan fingerprint density at radius 3 is 2.39 bits per heavy atom. The number of nitrogens with one attached hydrogen (secondary N) is 2. The zero-order valence-corrected chi connectivity index (χ0v) is 12.4. The van der Waals surface area contributed by atoms with Crippen LogP contribution < -0.4 is 10.6 Å². The van der Waals surface area contributed by atoms with Crippen molar-refractivity contribution in [2.45, 2.75) is 6.10 Å². The molecule has 2 aromatic rings. The van der Waals surface area contributed by atoms with Crippen molar-refractivity contribution in [3.63, 3.8) is 0 Å². The van der Waals surface area contributed by atoms with Gasteiger partial charge in [0.25, 0.3) is 0 Å². The van der Waals surface area contributed by atoms with Crippen molar-refractivity contribution in [1.82, 2.24) is 5.32 Å². The van der Waals surface area contributed by atoms with Crippen LogP contribution in [0.4, 0.5) is 23.7 Å². The first-order valence-electron chi connectivity index (χ1n) is 6.50. The predicted octanol–water partition coefficient (Wildman–Crippen LogP) is 3.61. The van der Waals surface area contributed by atoms with Gasteiger partial charge in [0.1, 0.15) is 23.1 Å². The van der Waals surface area contributed by atoms with Gasteiger partial charge in [-0.25, -0.2) is 18.0 Å². The van der Waals surface area contributed by atoms with Crippen LogP contribution in [-0.4, -0.2) is 17.7 Å². The quantitative estimate of drug-likeness (QED) is 0.793. The zero-order chi connectivity index (χ0) is 17.0. The minimum atomic E-state index is -1.21. The van der Waals surface area contributed by atoms with Crippen molar-refractivity contribution in [2.24, 2.45) is 0 Å². The van der Waals surface area contributed by atoms with Crippen molar-refractivity contribution < 1.29 is 23.1 Å². The van der Waals surface area contributed by atoms with Gasteiger partial charge >= 0.3 is 6.03 Å². The Kier molecular flexibility index (Phi) is 5.46. The third-order valence-corrected chi connectivity index (χ3v) is 3.29. The summed E-state index contributed by atoms with van der Waals surface area (Å²) in [4.78, 5) is 11.6. The molecule has 4 nitrogen and oxygen atoms in total. The predicted molar refractivity (Wildman–Crippen MR) is 79.7 cm³/mol. The van der Waals surface area contributed by atoms with Crippen LogP contribution in [0.2, 0.25) is 5.02 Å². The third kappa shape index (κ3) is 4.37. The smallest absolute Gasteiger partial charge is 0.319 e. The molecule has 0 fully saturated rings. The maximum Gasteiger partial charge on any atom is 0.319 e. The molecule has 0 aromatic heterocycles. The van der Waals surface area contributed by atoms with Crippen LogP contribution in [0.15, 0.2) is 36.4 Å². The second-order valence-electron chi connectivity index (χ2n) is 4.62. The number of rotatable bonds is 4. The lowest BCUT2D eigenvalue weighted by atomic mass is 10.1. The molecule has 0 heterocycles. The summed E-state index contributed by atoms with van der Waals surface area (Å²) >= 11 is 5.53. The Bertz CT molecular complexity index is 708. The van der Waals surface area contributed by atoms with Gasteiger partial charge in [0.2, 0.25) is 0 Å². The second kappa shape index (κ2) is 7.34. The SMILES string of the molecule is O=C(NCC(O)c1ccc(Cl)c(F)c1)Nc1c(F)cccc1F. The molecular formula is C15H12ClF3N2O2. The van der Waals surface area contributed by atoms with E-state index in [4.69, 9.17) is 11.6 Å². The Balaban J connectivity index is 1.95. The molecule has 0 spiro atoms. The standard InChI is InChI=1S/C15H12ClF3N2O2/c16-9-5-4-8(6-12(9)19)13(22)7-20-15(23)21-14-10(17)2-1-3-11(14)18/h1-6,13,22H,7H2,(H2,20,21,23). The number of hydrogen-bond donors (Lipinski definition) is 3. The fourth-order valence-corrected chi connectivity index (χ4v) is 1.92. The Morgan fingerprint density at radius 1 is 1.13 bits per heavy atom. The van der Waals surface area contributed by atoms with Crippen LogP contribution in [0.25, 0.3) is 0 Å². The van der Waals surface area contributed by atoms with Gasteiger partial charge in [0.15, 0.2) is 0 Å². The highest BCUT2D eigenvalue weighted by atomic mass is 35.5. The van der Waals surface area contributed by atoms with E-state index >= 15 is 0 Å². The van der Waals surface area contributed by atoms with Gasteiger partial charge in [-0.3, -0.25) is 0 Å². The molecule has 8 heteroatoms. The highest BCUT2D eigenvalue weighted by Crippen LogP contribution is 2.20. The van der Waals surface area contributed by atoms with Gasteiger partial charge in [0, 0.05) is 6.54 Å². The molecule has 0 aliphatic carbocycles. The van der Waals surface area contributed by atoms with E-state index in [0.717, 1.165) is 24.3 Å². The lowest BCUT2D eigenvalue weighted by Gasteiger charge is -2.14. The minimum absolute atomic E-state index is 0.0957. The molecule has 122 valence electrons. The molecule has 0 radical (unpaired) electrons. The molecular weight excluding hydrogens is 333 g/mol. The first-order chi connectivity index (χ1) is 10.9. The summed E-state index contributed by atoms with van der Waals surface area (Å²) in [6.07, 6.45) is -1.21. The summed E-state index contributed by atoms with van der Waals surface area (Å²) in [5.41, 5.74) is -0.402. The maximum absolute atomic E-state index is 13.4. The maximum atomic E-state index is 13.4. The number of aliphatic hydroxyl groups is 1. The molecule has 0 aliphatic rings. The average Bonchev–Trinajstić information content (AvgIpc) is 2.51. The first-order valence-corrected chi connectivity index (χ1v) is 6.88. The van der Waals surface area contributed by atoms with E-state index < -0.39 is 35.3 Å². The average molecular weight is 345 g/mol. The molecule has 0 saturated heterocycles. The van der Waals surface area contributed by atoms with E-state index in [-0.39, 0.29) is 17.1 Å². The molecule has 0 saturated carbocycles. The van der Waals surface area contributed by atoms with Crippen LogP contribution >= 0.6 is 11.6 Å². The molecule has 1 atom stereocenters. The molecule has 23 heavy (non-hydrogen) atoms. The van der Waals surface area contributed by atoms with E-state index in [9.17, 15) is 23.1 Å². The number of aliphatic hydroxyl groups excluding tert-OH is 1. The van der Waals surface area contributed by atoms with Crippen molar-refractivity contribution in [3.05, 3.63) is 64.4 Å². The lowest BCUT2D eigenvalue weighted by molar-refractivity contribution is 0.174. The van der Waals surface area contributed by atoms with Crippen LogP contribution in [0.5, 0.6) is 0 Å². The molecule has 2 rings (SSSR count). The third-order valence-electron chi connectivity index (χ3n) is 2.99. The number of carbonyl (C=O) groups excluding carboxylic acids is 1. The minimum Gasteiger partial charge on any atom is -0.387 e. The highest BCUT2D eigenvalue weighted by molar-refractivity contribution is 6.30. The molecule has 3 N–H and O–H groups in total. The normalized spacial score (nSPS) is 11.9. The first kappa shape index (κ1) is 17.1. The molecule has 0 aliphatic heterocycles. The summed E-state index contributed by atoms with van der Waals surface area (Å²) in [6, 6.07) is 5.92. The van der Waals surface area contributed by atoms with E-state index in [1.807, 2.05) is 5.32 Å². The van der Waals surface area contributed by atoms with Crippen LogP contribution in [0, 0.1) is 17.5 Å². The zero-order valence-electron chi connectivity index (χ0n) is 11.6. The fourth-order valence-electron chi connectivity index (χ4n) is 1.80. The van der Waals surface area contributed by atoms with Gasteiger partial charge in [-0.1, -0.05) is 23.7 Å². The summed E-state index contributed by atoms with van der Waals surface area (Å²) < 4.78 is 40.0. The Morgan fingerprint density at radius 2 is 1.78 bits per heavy atom. The topological polar surface area (TPSA) is 61.4 Å². The van der Waals surface area contributed by atoms with Crippen molar-refractivity contribution in [3.8, 4) is 0 Å². The van der Waals surface area contributed by atoms with Gasteiger partial charge in [0.05, 0.1) is 11.1 Å². The van der Waals surface area contributed by atoms with E-state index in [0.29, 0.717) is 0 Å². The van der Waals surface area contributed by atoms with Gasteiger partial charge in [-0.15, -0.1) is 0 Å². The lowest BCUT2D eigenvalue weighted by Crippen LogP contribution is -2.33. The van der Waals surface area contributed by atoms with E-state index in [2.05, 4.69) is 5.32 Å². The number of benzene rings is 2. The number of urea groups is 1. The summed E-state index contributed by atoms with van der Waals surface area (Å²) in [7, 11) is 0. The van der Waals surface area contributed by atoms with Gasteiger partial charge in [-0.2, -0.15) is 0 Å². The molecule has 2 amide bonds.